The van der Waals surface area contributed by atoms with E-state index in [4.69, 9.17) is 4.74 Å². The van der Waals surface area contributed by atoms with Crippen LogP contribution < -0.4 is 5.32 Å². The van der Waals surface area contributed by atoms with Gasteiger partial charge in [-0.05, 0) is 51.7 Å². The van der Waals surface area contributed by atoms with E-state index in [9.17, 15) is 0 Å². The van der Waals surface area contributed by atoms with E-state index in [1.54, 1.807) is 0 Å². The molecule has 2 heterocycles. The molecule has 2 aliphatic heterocycles. The summed E-state index contributed by atoms with van der Waals surface area (Å²) in [5.74, 6) is 0.852. The van der Waals surface area contributed by atoms with E-state index in [2.05, 4.69) is 17.3 Å². The SMILES string of the molecule is CNCC1CCCN(C2CCCOC2)C1. The molecular weight excluding hydrogens is 188 g/mol. The Balaban J connectivity index is 1.80. The first-order valence-electron chi connectivity index (χ1n) is 6.36. The first-order valence-corrected chi connectivity index (χ1v) is 6.36. The van der Waals surface area contributed by atoms with Crippen molar-refractivity contribution in [3.8, 4) is 0 Å². The van der Waals surface area contributed by atoms with Crippen molar-refractivity contribution in [1.82, 2.24) is 10.2 Å². The summed E-state index contributed by atoms with van der Waals surface area (Å²) in [5.41, 5.74) is 0. The molecular formula is C12H24N2O. The van der Waals surface area contributed by atoms with Crippen LogP contribution in [0.25, 0.3) is 0 Å². The van der Waals surface area contributed by atoms with Gasteiger partial charge in [0.15, 0.2) is 0 Å². The topological polar surface area (TPSA) is 24.5 Å². The van der Waals surface area contributed by atoms with Gasteiger partial charge in [-0.1, -0.05) is 0 Å². The maximum absolute atomic E-state index is 5.57. The van der Waals surface area contributed by atoms with Crippen LogP contribution in [0.3, 0.4) is 0 Å². The Morgan fingerprint density at radius 3 is 3.00 bits per heavy atom. The van der Waals surface area contributed by atoms with Gasteiger partial charge in [0.05, 0.1) is 6.61 Å². The fourth-order valence-electron chi connectivity index (χ4n) is 2.90. The smallest absolute Gasteiger partial charge is 0.0621 e. The zero-order valence-electron chi connectivity index (χ0n) is 9.87. The van der Waals surface area contributed by atoms with Crippen molar-refractivity contribution in [3.05, 3.63) is 0 Å². The fourth-order valence-corrected chi connectivity index (χ4v) is 2.90. The number of hydrogen-bond acceptors (Lipinski definition) is 3. The van der Waals surface area contributed by atoms with Crippen molar-refractivity contribution in [2.75, 3.05) is 39.9 Å². The molecule has 2 saturated heterocycles. The Kier molecular flexibility index (Phi) is 4.42. The summed E-state index contributed by atoms with van der Waals surface area (Å²) < 4.78 is 5.57. The molecule has 0 amide bonds. The minimum Gasteiger partial charge on any atom is -0.380 e. The molecule has 0 aromatic carbocycles. The van der Waals surface area contributed by atoms with Gasteiger partial charge in [-0.15, -0.1) is 0 Å². The number of piperidine rings is 1. The Bertz CT molecular complexity index is 178. The average molecular weight is 212 g/mol. The number of rotatable bonds is 3. The lowest BCUT2D eigenvalue weighted by atomic mass is 9.95. The summed E-state index contributed by atoms with van der Waals surface area (Å²) >= 11 is 0. The summed E-state index contributed by atoms with van der Waals surface area (Å²) in [4.78, 5) is 2.66. The quantitative estimate of drug-likeness (QED) is 0.758. The second kappa shape index (κ2) is 5.83. The van der Waals surface area contributed by atoms with Gasteiger partial charge in [0.2, 0.25) is 0 Å². The molecule has 2 unspecified atom stereocenters. The number of nitrogens with one attached hydrogen (secondary N) is 1. The molecule has 2 atom stereocenters. The van der Waals surface area contributed by atoms with Crippen LogP contribution in [0, 0.1) is 5.92 Å². The van der Waals surface area contributed by atoms with E-state index in [1.165, 1.54) is 45.3 Å². The molecule has 0 aromatic rings. The highest BCUT2D eigenvalue weighted by atomic mass is 16.5. The van der Waals surface area contributed by atoms with Crippen LogP contribution in [-0.4, -0.2) is 50.8 Å². The van der Waals surface area contributed by atoms with Crippen LogP contribution in [0.4, 0.5) is 0 Å². The van der Waals surface area contributed by atoms with Crippen molar-refractivity contribution in [1.29, 1.82) is 0 Å². The predicted molar refractivity (Wildman–Crippen MR) is 62.1 cm³/mol. The van der Waals surface area contributed by atoms with Gasteiger partial charge in [0, 0.05) is 19.2 Å². The Morgan fingerprint density at radius 2 is 2.27 bits per heavy atom. The molecule has 0 saturated carbocycles. The molecule has 1 N–H and O–H groups in total. The Hall–Kier alpha value is -0.120. The minimum atomic E-state index is 0.707. The number of likely N-dealkylation sites (tertiary alicyclic amines) is 1. The number of nitrogens with zero attached hydrogens (tertiary/aromatic N) is 1. The molecule has 2 rings (SSSR count). The molecule has 2 fully saturated rings. The molecule has 3 nitrogen and oxygen atoms in total. The van der Waals surface area contributed by atoms with Gasteiger partial charge in [0.1, 0.15) is 0 Å². The molecule has 0 spiro atoms. The molecule has 0 radical (unpaired) electrons. The highest BCUT2D eigenvalue weighted by molar-refractivity contribution is 4.81. The molecule has 0 bridgehead atoms. The van der Waals surface area contributed by atoms with Crippen molar-refractivity contribution < 1.29 is 4.74 Å². The van der Waals surface area contributed by atoms with E-state index in [-0.39, 0.29) is 0 Å². The molecule has 3 heteroatoms. The van der Waals surface area contributed by atoms with Crippen LogP contribution >= 0.6 is 0 Å². The lowest BCUT2D eigenvalue weighted by Gasteiger charge is -2.39. The monoisotopic (exact) mass is 212 g/mol. The Labute approximate surface area is 93.2 Å². The summed E-state index contributed by atoms with van der Waals surface area (Å²) in [5, 5.41) is 3.30. The van der Waals surface area contributed by atoms with E-state index in [0.29, 0.717) is 6.04 Å². The van der Waals surface area contributed by atoms with Crippen LogP contribution in [-0.2, 0) is 4.74 Å². The predicted octanol–water partition coefficient (Wildman–Crippen LogP) is 1.10. The van der Waals surface area contributed by atoms with Gasteiger partial charge in [-0.25, -0.2) is 0 Å². The normalized spacial score (nSPS) is 34.2. The van der Waals surface area contributed by atoms with E-state index < -0.39 is 0 Å². The highest BCUT2D eigenvalue weighted by Crippen LogP contribution is 2.21. The zero-order chi connectivity index (χ0) is 10.5. The van der Waals surface area contributed by atoms with Crippen LogP contribution in [0.15, 0.2) is 0 Å². The lowest BCUT2D eigenvalue weighted by molar-refractivity contribution is 0.00193. The van der Waals surface area contributed by atoms with Gasteiger partial charge < -0.3 is 10.1 Å². The van der Waals surface area contributed by atoms with Crippen LogP contribution in [0.1, 0.15) is 25.7 Å². The van der Waals surface area contributed by atoms with Gasteiger partial charge in [0.25, 0.3) is 0 Å². The maximum atomic E-state index is 5.57. The highest BCUT2D eigenvalue weighted by Gasteiger charge is 2.26. The van der Waals surface area contributed by atoms with Gasteiger partial charge in [-0.2, -0.15) is 0 Å². The van der Waals surface area contributed by atoms with Gasteiger partial charge >= 0.3 is 0 Å². The molecule has 0 aromatic heterocycles. The third-order valence-electron chi connectivity index (χ3n) is 3.70. The first kappa shape index (κ1) is 11.4. The van der Waals surface area contributed by atoms with Crippen molar-refractivity contribution in [3.63, 3.8) is 0 Å². The van der Waals surface area contributed by atoms with Crippen molar-refractivity contribution in [2.24, 2.45) is 5.92 Å². The summed E-state index contributed by atoms with van der Waals surface area (Å²) in [6.07, 6.45) is 5.35. The first-order chi connectivity index (χ1) is 7.40. The molecule has 0 aliphatic carbocycles. The minimum absolute atomic E-state index is 0.707. The van der Waals surface area contributed by atoms with E-state index in [1.807, 2.05) is 0 Å². The fraction of sp³-hybridized carbons (Fsp3) is 1.00. The number of ether oxygens (including phenoxy) is 1. The van der Waals surface area contributed by atoms with Crippen LogP contribution in [0.2, 0.25) is 0 Å². The van der Waals surface area contributed by atoms with Crippen molar-refractivity contribution in [2.45, 2.75) is 31.7 Å². The Morgan fingerprint density at radius 1 is 1.33 bits per heavy atom. The largest absolute Gasteiger partial charge is 0.380 e. The maximum Gasteiger partial charge on any atom is 0.0621 e. The molecule has 2 aliphatic rings. The summed E-state index contributed by atoms with van der Waals surface area (Å²) in [6, 6.07) is 0.707. The number of hydrogen-bond donors (Lipinski definition) is 1. The zero-order valence-corrected chi connectivity index (χ0v) is 9.87. The van der Waals surface area contributed by atoms with E-state index >= 15 is 0 Å². The summed E-state index contributed by atoms with van der Waals surface area (Å²) in [7, 11) is 2.06. The average Bonchev–Trinajstić information content (AvgIpc) is 2.31. The third-order valence-corrected chi connectivity index (χ3v) is 3.70. The molecule has 88 valence electrons. The second-order valence-electron chi connectivity index (χ2n) is 4.93. The lowest BCUT2D eigenvalue weighted by Crippen LogP contribution is -2.47. The van der Waals surface area contributed by atoms with Gasteiger partial charge in [-0.3, -0.25) is 4.90 Å². The standard InChI is InChI=1S/C12H24N2O/c1-13-8-11-4-2-6-14(9-11)12-5-3-7-15-10-12/h11-13H,2-10H2,1H3. The van der Waals surface area contributed by atoms with Crippen LogP contribution in [0.5, 0.6) is 0 Å². The van der Waals surface area contributed by atoms with E-state index in [0.717, 1.165) is 19.1 Å². The van der Waals surface area contributed by atoms with Crippen molar-refractivity contribution >= 4 is 0 Å². The third kappa shape index (κ3) is 3.16. The summed E-state index contributed by atoms with van der Waals surface area (Å²) in [6.45, 7) is 5.67. The molecule has 15 heavy (non-hydrogen) atoms. The second-order valence-corrected chi connectivity index (χ2v) is 4.93.